The first-order valence-corrected chi connectivity index (χ1v) is 13.0. The van der Waals surface area contributed by atoms with Gasteiger partial charge in [0.1, 0.15) is 12.2 Å². The number of hydrogen-bond acceptors (Lipinski definition) is 3. The van der Waals surface area contributed by atoms with Gasteiger partial charge in [0, 0.05) is 42.8 Å². The van der Waals surface area contributed by atoms with Crippen molar-refractivity contribution in [3.8, 4) is 0 Å². The monoisotopic (exact) mass is 500 g/mol. The van der Waals surface area contributed by atoms with Crippen LogP contribution in [0.5, 0.6) is 0 Å². The maximum Gasteiger partial charge on any atom is 0.281 e. The van der Waals surface area contributed by atoms with Crippen molar-refractivity contribution in [3.05, 3.63) is 71.0 Å². The number of anilines is 1. The Labute approximate surface area is 217 Å². The Morgan fingerprint density at radius 3 is 2.44 bits per heavy atom. The molecule has 2 aromatic carbocycles. The molecule has 1 aromatic heterocycles. The number of benzene rings is 2. The molecule has 186 valence electrons. The number of carbonyl (C=O) groups excluding carboxylic acids is 2. The minimum absolute atomic E-state index is 0.146. The van der Waals surface area contributed by atoms with Gasteiger partial charge in [0.25, 0.3) is 5.91 Å². The average molecular weight is 501 g/mol. The number of para-hydroxylation sites is 1. The van der Waals surface area contributed by atoms with Crippen molar-refractivity contribution in [3.63, 3.8) is 0 Å². The van der Waals surface area contributed by atoms with Gasteiger partial charge >= 0.3 is 0 Å². The van der Waals surface area contributed by atoms with Crippen molar-refractivity contribution >= 4 is 51.8 Å². The number of carbonyl (C=O) groups is 2. The molecule has 0 atom stereocenters. The zero-order valence-corrected chi connectivity index (χ0v) is 22.0. The van der Waals surface area contributed by atoms with Crippen LogP contribution in [-0.2, 0) is 16.1 Å². The molecule has 0 N–H and O–H groups in total. The van der Waals surface area contributed by atoms with E-state index in [2.05, 4.69) is 0 Å². The van der Waals surface area contributed by atoms with E-state index in [1.807, 2.05) is 85.1 Å². The summed E-state index contributed by atoms with van der Waals surface area (Å²) in [5.41, 5.74) is 5.44. The lowest BCUT2D eigenvalue weighted by Crippen LogP contribution is -2.34. The molecule has 5 rings (SSSR count). The Morgan fingerprint density at radius 2 is 1.72 bits per heavy atom. The number of likely N-dealkylation sites (N-methyl/N-ethyl adjacent to an activating group) is 1. The molecular weight excluding hydrogens is 468 g/mol. The van der Waals surface area contributed by atoms with Crippen molar-refractivity contribution < 1.29 is 9.59 Å². The molecule has 0 saturated carbocycles. The van der Waals surface area contributed by atoms with Crippen LogP contribution in [0, 0.1) is 13.8 Å². The van der Waals surface area contributed by atoms with Crippen LogP contribution in [-0.4, -0.2) is 51.4 Å². The highest BCUT2D eigenvalue weighted by atomic mass is 32.1. The van der Waals surface area contributed by atoms with E-state index in [-0.39, 0.29) is 11.8 Å². The summed E-state index contributed by atoms with van der Waals surface area (Å²) in [6.07, 6.45) is 8.40. The summed E-state index contributed by atoms with van der Waals surface area (Å²) in [6.45, 7) is 6.04. The largest absolute Gasteiger partial charge is 0.341 e. The molecule has 3 heterocycles. The van der Waals surface area contributed by atoms with E-state index in [4.69, 9.17) is 12.2 Å². The number of likely N-dealkylation sites (tertiary alicyclic amines) is 1. The smallest absolute Gasteiger partial charge is 0.281 e. The highest BCUT2D eigenvalue weighted by Gasteiger charge is 2.37. The summed E-state index contributed by atoms with van der Waals surface area (Å²) in [5, 5.41) is 1.46. The van der Waals surface area contributed by atoms with Crippen LogP contribution in [0.25, 0.3) is 17.0 Å². The third kappa shape index (κ3) is 4.44. The molecule has 0 bridgehead atoms. The lowest BCUT2D eigenvalue weighted by atomic mass is 10.1. The third-order valence-electron chi connectivity index (χ3n) is 7.39. The number of amides is 2. The summed E-state index contributed by atoms with van der Waals surface area (Å²) in [7, 11) is 1.83. The van der Waals surface area contributed by atoms with Crippen molar-refractivity contribution in [2.75, 3.05) is 25.0 Å². The number of aryl methyl sites for hydroxylation is 2. The molecule has 0 spiro atoms. The third-order valence-corrected chi connectivity index (χ3v) is 7.84. The molecule has 2 amide bonds. The van der Waals surface area contributed by atoms with Crippen LogP contribution in [0.1, 0.15) is 42.4 Å². The topological polar surface area (TPSA) is 48.8 Å². The fraction of sp³-hybridized carbons (Fsp3) is 0.345. The van der Waals surface area contributed by atoms with Gasteiger partial charge in [-0.2, -0.15) is 0 Å². The highest BCUT2D eigenvalue weighted by Crippen LogP contribution is 2.31. The van der Waals surface area contributed by atoms with Gasteiger partial charge in [-0.1, -0.05) is 37.1 Å². The van der Waals surface area contributed by atoms with Gasteiger partial charge in [-0.3, -0.25) is 14.5 Å². The number of hydrogen-bond donors (Lipinski definition) is 0. The molecule has 7 heteroatoms. The molecule has 2 aliphatic heterocycles. The van der Waals surface area contributed by atoms with E-state index in [1.54, 1.807) is 9.80 Å². The number of nitrogens with zero attached hydrogens (tertiary/aromatic N) is 4. The van der Waals surface area contributed by atoms with Gasteiger partial charge < -0.3 is 14.4 Å². The van der Waals surface area contributed by atoms with Crippen molar-refractivity contribution in [2.45, 2.75) is 46.1 Å². The van der Waals surface area contributed by atoms with E-state index < -0.39 is 0 Å². The van der Waals surface area contributed by atoms with E-state index in [0.717, 1.165) is 53.6 Å². The molecule has 6 nitrogen and oxygen atoms in total. The number of rotatable bonds is 4. The SMILES string of the molecule is Cc1ccc(N2C(=O)/C(=C/c3cn(CC(=O)N4CCCCCC4)c4ccccc34)N(C)C2=S)cc1C. The standard InChI is InChI=1S/C29H32N4O2S/c1-20-12-13-23(16-21(20)2)33-28(35)26(30(3)29(33)36)17-22-18-32(25-11-7-6-10-24(22)25)19-27(34)31-14-8-4-5-9-15-31/h6-7,10-13,16-18H,4-5,8-9,14-15,19H2,1-3H3/b26-17-. The highest BCUT2D eigenvalue weighted by molar-refractivity contribution is 7.80. The second kappa shape index (κ2) is 9.90. The molecule has 36 heavy (non-hydrogen) atoms. The predicted molar refractivity (Wildman–Crippen MR) is 149 cm³/mol. The van der Waals surface area contributed by atoms with Crippen LogP contribution in [0.4, 0.5) is 5.69 Å². The molecule has 2 saturated heterocycles. The number of fused-ring (bicyclic) bond motifs is 1. The Balaban J connectivity index is 1.48. The van der Waals surface area contributed by atoms with Crippen LogP contribution in [0.15, 0.2) is 54.4 Å². The summed E-state index contributed by atoms with van der Waals surface area (Å²) in [5.74, 6) is -0.00348. The Bertz CT molecular complexity index is 1380. The second-order valence-corrected chi connectivity index (χ2v) is 10.2. The van der Waals surface area contributed by atoms with E-state index in [0.29, 0.717) is 17.4 Å². The minimum atomic E-state index is -0.150. The number of aromatic nitrogens is 1. The second-order valence-electron chi connectivity index (χ2n) is 9.80. The normalized spacial score (nSPS) is 18.0. The first kappa shape index (κ1) is 24.3. The van der Waals surface area contributed by atoms with Crippen LogP contribution < -0.4 is 4.90 Å². The minimum Gasteiger partial charge on any atom is -0.341 e. The Morgan fingerprint density at radius 1 is 1.00 bits per heavy atom. The van der Waals surface area contributed by atoms with E-state index in [1.165, 1.54) is 18.4 Å². The molecule has 0 aliphatic carbocycles. The van der Waals surface area contributed by atoms with Gasteiger partial charge in [-0.15, -0.1) is 0 Å². The lowest BCUT2D eigenvalue weighted by molar-refractivity contribution is -0.131. The van der Waals surface area contributed by atoms with Gasteiger partial charge in [-0.25, -0.2) is 0 Å². The first-order valence-electron chi connectivity index (χ1n) is 12.6. The van der Waals surface area contributed by atoms with E-state index in [9.17, 15) is 9.59 Å². The fourth-order valence-corrected chi connectivity index (χ4v) is 5.37. The molecule has 0 radical (unpaired) electrons. The lowest BCUT2D eigenvalue weighted by Gasteiger charge is -2.20. The van der Waals surface area contributed by atoms with Crippen LogP contribution in [0.2, 0.25) is 0 Å². The first-order chi connectivity index (χ1) is 17.3. The maximum atomic E-state index is 13.5. The molecule has 3 aromatic rings. The van der Waals surface area contributed by atoms with Crippen molar-refractivity contribution in [1.82, 2.24) is 14.4 Å². The average Bonchev–Trinajstić information content (AvgIpc) is 3.14. The van der Waals surface area contributed by atoms with Gasteiger partial charge in [-0.05, 0) is 74.3 Å². The van der Waals surface area contributed by atoms with Crippen LogP contribution in [0.3, 0.4) is 0 Å². The Kier molecular flexibility index (Phi) is 6.67. The summed E-state index contributed by atoms with van der Waals surface area (Å²) in [6, 6.07) is 14.0. The van der Waals surface area contributed by atoms with Gasteiger partial charge in [0.15, 0.2) is 5.11 Å². The number of thiocarbonyl (C=S) groups is 1. The van der Waals surface area contributed by atoms with Crippen molar-refractivity contribution in [2.24, 2.45) is 0 Å². The summed E-state index contributed by atoms with van der Waals surface area (Å²) in [4.78, 5) is 32.0. The van der Waals surface area contributed by atoms with Gasteiger partial charge in [0.05, 0.1) is 5.69 Å². The zero-order chi connectivity index (χ0) is 25.4. The maximum absolute atomic E-state index is 13.5. The summed E-state index contributed by atoms with van der Waals surface area (Å²) < 4.78 is 2.01. The molecular formula is C29H32N4O2S. The molecule has 2 aliphatic rings. The fourth-order valence-electron chi connectivity index (χ4n) is 5.08. The van der Waals surface area contributed by atoms with Crippen molar-refractivity contribution in [1.29, 1.82) is 0 Å². The predicted octanol–water partition coefficient (Wildman–Crippen LogP) is 5.27. The van der Waals surface area contributed by atoms with Crippen LogP contribution >= 0.6 is 12.2 Å². The zero-order valence-electron chi connectivity index (χ0n) is 21.2. The van der Waals surface area contributed by atoms with E-state index >= 15 is 0 Å². The molecule has 2 fully saturated rings. The summed E-state index contributed by atoms with van der Waals surface area (Å²) >= 11 is 5.67. The Hall–Kier alpha value is -3.45. The quantitative estimate of drug-likeness (QED) is 0.362. The molecule has 0 unspecified atom stereocenters. The van der Waals surface area contributed by atoms with Gasteiger partial charge in [0.2, 0.25) is 5.91 Å².